The van der Waals surface area contributed by atoms with Crippen LogP contribution in [0.3, 0.4) is 0 Å². The van der Waals surface area contributed by atoms with E-state index in [4.69, 9.17) is 9.84 Å². The van der Waals surface area contributed by atoms with Gasteiger partial charge in [0.25, 0.3) is 0 Å². The number of carboxylic acids is 1. The maximum absolute atomic E-state index is 11.5. The van der Waals surface area contributed by atoms with Crippen molar-refractivity contribution >= 4 is 12.0 Å². The standard InChI is InChI=1S/C14H28N2O4/c1-4-20-10-9-16-14(19)15-8-7-12(11(2)3)5-6-13(17)18/h11-12H,4-10H2,1-3H3,(H,17,18)(H2,15,16,19). The molecule has 118 valence electrons. The van der Waals surface area contributed by atoms with Gasteiger partial charge in [0, 0.05) is 26.1 Å². The largest absolute Gasteiger partial charge is 0.481 e. The Bertz CT molecular complexity index is 282. The van der Waals surface area contributed by atoms with Crippen LogP contribution < -0.4 is 10.6 Å². The summed E-state index contributed by atoms with van der Waals surface area (Å²) in [6, 6.07) is -0.203. The Morgan fingerprint density at radius 2 is 1.80 bits per heavy atom. The van der Waals surface area contributed by atoms with Gasteiger partial charge in [-0.15, -0.1) is 0 Å². The van der Waals surface area contributed by atoms with Crippen LogP contribution in [0, 0.1) is 11.8 Å². The molecule has 0 saturated carbocycles. The first-order valence-electron chi connectivity index (χ1n) is 7.28. The molecule has 0 rings (SSSR count). The van der Waals surface area contributed by atoms with E-state index in [0.29, 0.717) is 44.6 Å². The van der Waals surface area contributed by atoms with Crippen LogP contribution in [0.25, 0.3) is 0 Å². The van der Waals surface area contributed by atoms with E-state index in [1.165, 1.54) is 0 Å². The van der Waals surface area contributed by atoms with Crippen molar-refractivity contribution < 1.29 is 19.4 Å². The summed E-state index contributed by atoms with van der Waals surface area (Å²) in [4.78, 5) is 22.0. The summed E-state index contributed by atoms with van der Waals surface area (Å²) in [6.07, 6.45) is 1.63. The molecular formula is C14H28N2O4. The minimum Gasteiger partial charge on any atom is -0.481 e. The molecule has 6 nitrogen and oxygen atoms in total. The number of carbonyl (C=O) groups excluding carboxylic acids is 1. The van der Waals surface area contributed by atoms with Crippen LogP contribution in [-0.4, -0.2) is 43.4 Å². The van der Waals surface area contributed by atoms with E-state index < -0.39 is 5.97 Å². The third-order valence-electron chi connectivity index (χ3n) is 3.21. The Labute approximate surface area is 121 Å². The third kappa shape index (κ3) is 10.6. The van der Waals surface area contributed by atoms with Gasteiger partial charge in [-0.25, -0.2) is 4.79 Å². The third-order valence-corrected chi connectivity index (χ3v) is 3.21. The number of ether oxygens (including phenoxy) is 1. The van der Waals surface area contributed by atoms with E-state index in [-0.39, 0.29) is 12.5 Å². The van der Waals surface area contributed by atoms with Crippen LogP contribution in [0.4, 0.5) is 4.79 Å². The van der Waals surface area contributed by atoms with Crippen molar-refractivity contribution in [3.8, 4) is 0 Å². The first kappa shape index (κ1) is 18.7. The van der Waals surface area contributed by atoms with E-state index in [9.17, 15) is 9.59 Å². The lowest BCUT2D eigenvalue weighted by molar-refractivity contribution is -0.137. The molecule has 0 bridgehead atoms. The van der Waals surface area contributed by atoms with Gasteiger partial charge >= 0.3 is 12.0 Å². The normalized spacial score (nSPS) is 12.2. The first-order valence-corrected chi connectivity index (χ1v) is 7.28. The second-order valence-electron chi connectivity index (χ2n) is 5.10. The zero-order valence-electron chi connectivity index (χ0n) is 12.8. The Hall–Kier alpha value is -1.30. The number of nitrogens with one attached hydrogen (secondary N) is 2. The molecule has 0 heterocycles. The quantitative estimate of drug-likeness (QED) is 0.506. The number of carboxylic acid groups (broad SMARTS) is 1. The summed E-state index contributed by atoms with van der Waals surface area (Å²) in [7, 11) is 0. The van der Waals surface area contributed by atoms with Crippen LogP contribution in [-0.2, 0) is 9.53 Å². The van der Waals surface area contributed by atoms with Crippen molar-refractivity contribution in [3.63, 3.8) is 0 Å². The van der Waals surface area contributed by atoms with Crippen LogP contribution >= 0.6 is 0 Å². The number of rotatable bonds is 11. The lowest BCUT2D eigenvalue weighted by atomic mass is 9.88. The number of carbonyl (C=O) groups is 2. The summed E-state index contributed by atoms with van der Waals surface area (Å²) in [5.74, 6) is -0.0377. The van der Waals surface area contributed by atoms with Crippen molar-refractivity contribution in [2.45, 2.75) is 40.0 Å². The van der Waals surface area contributed by atoms with Crippen molar-refractivity contribution in [3.05, 3.63) is 0 Å². The molecule has 2 amide bonds. The van der Waals surface area contributed by atoms with Gasteiger partial charge in [-0.05, 0) is 31.6 Å². The predicted octanol–water partition coefficient (Wildman–Crippen LogP) is 1.85. The Morgan fingerprint density at radius 1 is 1.15 bits per heavy atom. The molecule has 0 radical (unpaired) electrons. The average Bonchev–Trinajstić information content (AvgIpc) is 2.38. The molecule has 3 N–H and O–H groups in total. The number of urea groups is 1. The van der Waals surface area contributed by atoms with Crippen molar-refractivity contribution in [2.24, 2.45) is 11.8 Å². The second-order valence-corrected chi connectivity index (χ2v) is 5.10. The Morgan fingerprint density at radius 3 is 2.35 bits per heavy atom. The van der Waals surface area contributed by atoms with Gasteiger partial charge in [0.2, 0.25) is 0 Å². The highest BCUT2D eigenvalue weighted by Crippen LogP contribution is 2.20. The highest BCUT2D eigenvalue weighted by Gasteiger charge is 2.15. The highest BCUT2D eigenvalue weighted by atomic mass is 16.5. The van der Waals surface area contributed by atoms with E-state index in [1.54, 1.807) is 0 Å². The van der Waals surface area contributed by atoms with Crippen LogP contribution in [0.15, 0.2) is 0 Å². The van der Waals surface area contributed by atoms with Gasteiger partial charge in [0.1, 0.15) is 0 Å². The number of amides is 2. The van der Waals surface area contributed by atoms with Gasteiger partial charge in [-0.2, -0.15) is 0 Å². The summed E-state index contributed by atoms with van der Waals surface area (Å²) in [5, 5.41) is 14.2. The fourth-order valence-corrected chi connectivity index (χ4v) is 1.93. The fourth-order valence-electron chi connectivity index (χ4n) is 1.93. The number of hydrogen-bond acceptors (Lipinski definition) is 3. The number of hydrogen-bond donors (Lipinski definition) is 3. The Balaban J connectivity index is 3.76. The van der Waals surface area contributed by atoms with Crippen molar-refractivity contribution in [2.75, 3.05) is 26.3 Å². The molecule has 20 heavy (non-hydrogen) atoms. The molecule has 0 aromatic rings. The summed E-state index contributed by atoms with van der Waals surface area (Å²) in [5.41, 5.74) is 0. The molecular weight excluding hydrogens is 260 g/mol. The average molecular weight is 288 g/mol. The molecule has 6 heteroatoms. The minimum absolute atomic E-state index is 0.184. The maximum atomic E-state index is 11.5. The summed E-state index contributed by atoms with van der Waals surface area (Å²) >= 11 is 0. The summed E-state index contributed by atoms with van der Waals surface area (Å²) in [6.45, 7) is 8.27. The minimum atomic E-state index is -0.766. The monoisotopic (exact) mass is 288 g/mol. The van der Waals surface area contributed by atoms with Gasteiger partial charge in [0.15, 0.2) is 0 Å². The Kier molecular flexibility index (Phi) is 10.8. The van der Waals surface area contributed by atoms with E-state index in [2.05, 4.69) is 24.5 Å². The predicted molar refractivity (Wildman–Crippen MR) is 77.7 cm³/mol. The maximum Gasteiger partial charge on any atom is 0.314 e. The summed E-state index contributed by atoms with van der Waals surface area (Å²) < 4.78 is 5.11. The van der Waals surface area contributed by atoms with Gasteiger partial charge < -0.3 is 20.5 Å². The fraction of sp³-hybridized carbons (Fsp3) is 0.857. The molecule has 0 aliphatic rings. The molecule has 1 atom stereocenters. The molecule has 0 fully saturated rings. The van der Waals surface area contributed by atoms with Crippen LogP contribution in [0.2, 0.25) is 0 Å². The van der Waals surface area contributed by atoms with Gasteiger partial charge in [0.05, 0.1) is 6.61 Å². The van der Waals surface area contributed by atoms with Crippen molar-refractivity contribution in [1.82, 2.24) is 10.6 Å². The van der Waals surface area contributed by atoms with E-state index in [0.717, 1.165) is 6.42 Å². The molecule has 0 aliphatic heterocycles. The van der Waals surface area contributed by atoms with Crippen LogP contribution in [0.1, 0.15) is 40.0 Å². The SMILES string of the molecule is CCOCCNC(=O)NCCC(CCC(=O)O)C(C)C. The number of aliphatic carboxylic acids is 1. The molecule has 0 aromatic heterocycles. The molecule has 0 spiro atoms. The van der Waals surface area contributed by atoms with E-state index >= 15 is 0 Å². The van der Waals surface area contributed by atoms with E-state index in [1.807, 2.05) is 6.92 Å². The van der Waals surface area contributed by atoms with Crippen molar-refractivity contribution in [1.29, 1.82) is 0 Å². The molecule has 0 aromatic carbocycles. The van der Waals surface area contributed by atoms with Gasteiger partial charge in [-0.3, -0.25) is 4.79 Å². The lowest BCUT2D eigenvalue weighted by Crippen LogP contribution is -2.38. The highest BCUT2D eigenvalue weighted by molar-refractivity contribution is 5.73. The van der Waals surface area contributed by atoms with Gasteiger partial charge in [-0.1, -0.05) is 13.8 Å². The van der Waals surface area contributed by atoms with Crippen LogP contribution in [0.5, 0.6) is 0 Å². The zero-order chi connectivity index (χ0) is 15.4. The zero-order valence-corrected chi connectivity index (χ0v) is 12.8. The smallest absolute Gasteiger partial charge is 0.314 e. The molecule has 0 aliphatic carbocycles. The lowest BCUT2D eigenvalue weighted by Gasteiger charge is -2.20. The second kappa shape index (κ2) is 11.5. The first-order chi connectivity index (χ1) is 9.47. The molecule has 1 unspecified atom stereocenters. The topological polar surface area (TPSA) is 87.7 Å². The molecule has 0 saturated heterocycles.